The highest BCUT2D eigenvalue weighted by Gasteiger charge is 2.16. The minimum Gasteiger partial charge on any atom is -0.380 e. The fourth-order valence-corrected chi connectivity index (χ4v) is 1.25. The molecule has 0 heterocycles. The maximum atomic E-state index is 11.5. The molecule has 0 fully saturated rings. The van der Waals surface area contributed by atoms with Gasteiger partial charge in [-0.2, -0.15) is 0 Å². The van der Waals surface area contributed by atoms with E-state index < -0.39 is 0 Å². The summed E-state index contributed by atoms with van der Waals surface area (Å²) in [7, 11) is 1.89. The number of hydrogen-bond acceptors (Lipinski definition) is 4. The number of carbonyl (C=O) groups is 1. The largest absolute Gasteiger partial charge is 0.380 e. The Kier molecular flexibility index (Phi) is 9.48. The summed E-state index contributed by atoms with van der Waals surface area (Å²) in [5.74, 6) is 0.206. The van der Waals surface area contributed by atoms with E-state index in [0.717, 1.165) is 19.6 Å². The van der Waals surface area contributed by atoms with Gasteiger partial charge in [0.2, 0.25) is 0 Å². The van der Waals surface area contributed by atoms with E-state index in [1.807, 2.05) is 27.8 Å². The fraction of sp³-hybridized carbons (Fsp3) is 0.917. The van der Waals surface area contributed by atoms with Crippen LogP contribution in [0.1, 0.15) is 27.2 Å². The summed E-state index contributed by atoms with van der Waals surface area (Å²) in [6.07, 6.45) is 0.539. The van der Waals surface area contributed by atoms with Gasteiger partial charge < -0.3 is 14.8 Å². The number of nitrogens with one attached hydrogen (secondary N) is 1. The second-order valence-electron chi connectivity index (χ2n) is 4.14. The van der Waals surface area contributed by atoms with E-state index in [1.165, 1.54) is 0 Å². The Morgan fingerprint density at radius 2 is 1.88 bits per heavy atom. The predicted molar refractivity (Wildman–Crippen MR) is 64.6 cm³/mol. The molecule has 0 aliphatic rings. The number of ketones is 1. The van der Waals surface area contributed by atoms with Gasteiger partial charge in [-0.3, -0.25) is 4.79 Å². The summed E-state index contributed by atoms with van der Waals surface area (Å²) in [6, 6.07) is 0. The lowest BCUT2D eigenvalue weighted by Crippen LogP contribution is -2.25. The highest BCUT2D eigenvalue weighted by molar-refractivity contribution is 5.84. The van der Waals surface area contributed by atoms with E-state index in [2.05, 4.69) is 5.32 Å². The zero-order valence-electron chi connectivity index (χ0n) is 10.9. The molecule has 1 atom stereocenters. The Morgan fingerprint density at radius 3 is 2.44 bits per heavy atom. The summed E-state index contributed by atoms with van der Waals surface area (Å²) in [5.41, 5.74) is 0. The van der Waals surface area contributed by atoms with Crippen molar-refractivity contribution in [2.75, 3.05) is 33.4 Å². The van der Waals surface area contributed by atoms with Crippen LogP contribution in [0, 0.1) is 5.92 Å². The number of ether oxygens (including phenoxy) is 2. The van der Waals surface area contributed by atoms with Gasteiger partial charge in [-0.05, 0) is 20.4 Å². The van der Waals surface area contributed by atoms with Crippen molar-refractivity contribution in [3.63, 3.8) is 0 Å². The molecular formula is C12H25NO3. The van der Waals surface area contributed by atoms with Gasteiger partial charge in [0.15, 0.2) is 5.78 Å². The first kappa shape index (κ1) is 15.6. The molecule has 0 aliphatic heterocycles. The first-order valence-corrected chi connectivity index (χ1v) is 5.97. The van der Waals surface area contributed by atoms with Gasteiger partial charge in [-0.25, -0.2) is 0 Å². The Bertz CT molecular complexity index is 183. The molecule has 4 heteroatoms. The molecule has 0 spiro atoms. The molecule has 4 nitrogen and oxygen atoms in total. The van der Waals surface area contributed by atoms with Crippen LogP contribution in [-0.2, 0) is 14.3 Å². The summed E-state index contributed by atoms with van der Waals surface area (Å²) in [6.45, 7) is 8.44. The maximum absolute atomic E-state index is 11.5. The Hall–Kier alpha value is -0.450. The van der Waals surface area contributed by atoms with Crippen LogP contribution in [0.2, 0.25) is 0 Å². The van der Waals surface area contributed by atoms with Crippen molar-refractivity contribution < 1.29 is 14.3 Å². The molecule has 1 N–H and O–H groups in total. The molecule has 16 heavy (non-hydrogen) atoms. The molecule has 0 aromatic carbocycles. The summed E-state index contributed by atoms with van der Waals surface area (Å²) in [5, 5.41) is 3.00. The third-order valence-electron chi connectivity index (χ3n) is 2.27. The van der Waals surface area contributed by atoms with Crippen LogP contribution in [-0.4, -0.2) is 45.3 Å². The Labute approximate surface area is 98.7 Å². The molecule has 96 valence electrons. The van der Waals surface area contributed by atoms with E-state index in [4.69, 9.17) is 9.47 Å². The molecule has 0 radical (unpaired) electrons. The van der Waals surface area contributed by atoms with Crippen LogP contribution in [0.25, 0.3) is 0 Å². The first-order valence-electron chi connectivity index (χ1n) is 5.97. The van der Waals surface area contributed by atoms with Crippen molar-refractivity contribution in [1.82, 2.24) is 5.32 Å². The van der Waals surface area contributed by atoms with E-state index in [-0.39, 0.29) is 17.8 Å². The average molecular weight is 231 g/mol. The first-order chi connectivity index (χ1) is 7.59. The molecular weight excluding hydrogens is 206 g/mol. The highest BCUT2D eigenvalue weighted by atomic mass is 16.5. The SMILES string of the molecule is CNCCOCCCO[C@H](C)C(=O)C(C)C. The van der Waals surface area contributed by atoms with Crippen molar-refractivity contribution >= 4 is 5.78 Å². The lowest BCUT2D eigenvalue weighted by Gasteiger charge is -2.14. The van der Waals surface area contributed by atoms with Crippen molar-refractivity contribution in [2.24, 2.45) is 5.92 Å². The molecule has 0 saturated heterocycles. The van der Waals surface area contributed by atoms with E-state index in [9.17, 15) is 4.79 Å². The monoisotopic (exact) mass is 231 g/mol. The third-order valence-corrected chi connectivity index (χ3v) is 2.27. The van der Waals surface area contributed by atoms with Gasteiger partial charge in [-0.15, -0.1) is 0 Å². The molecule has 0 aromatic heterocycles. The Balaban J connectivity index is 3.34. The predicted octanol–water partition coefficient (Wildman–Crippen LogP) is 1.24. The molecule has 0 aromatic rings. The zero-order chi connectivity index (χ0) is 12.4. The molecule has 0 amide bonds. The smallest absolute Gasteiger partial charge is 0.163 e. The minimum atomic E-state index is -0.294. The van der Waals surface area contributed by atoms with Crippen molar-refractivity contribution in [1.29, 1.82) is 0 Å². The van der Waals surface area contributed by atoms with Gasteiger partial charge in [0.05, 0.1) is 6.61 Å². The van der Waals surface area contributed by atoms with Crippen LogP contribution in [0.15, 0.2) is 0 Å². The molecule has 0 saturated carbocycles. The second kappa shape index (κ2) is 9.75. The third kappa shape index (κ3) is 7.79. The van der Waals surface area contributed by atoms with Gasteiger partial charge in [-0.1, -0.05) is 13.8 Å². The van der Waals surface area contributed by atoms with Crippen LogP contribution >= 0.6 is 0 Å². The summed E-state index contributed by atoms with van der Waals surface area (Å²) < 4.78 is 10.8. The zero-order valence-corrected chi connectivity index (χ0v) is 10.9. The summed E-state index contributed by atoms with van der Waals surface area (Å²) in [4.78, 5) is 11.5. The Morgan fingerprint density at radius 1 is 1.19 bits per heavy atom. The summed E-state index contributed by atoms with van der Waals surface area (Å²) >= 11 is 0. The highest BCUT2D eigenvalue weighted by Crippen LogP contribution is 2.03. The number of hydrogen-bond donors (Lipinski definition) is 1. The van der Waals surface area contributed by atoms with E-state index in [0.29, 0.717) is 13.2 Å². The average Bonchev–Trinajstić information content (AvgIpc) is 2.26. The van der Waals surface area contributed by atoms with Gasteiger partial charge in [0.25, 0.3) is 0 Å². The van der Waals surface area contributed by atoms with Gasteiger partial charge in [0, 0.05) is 25.7 Å². The second-order valence-corrected chi connectivity index (χ2v) is 4.14. The lowest BCUT2D eigenvalue weighted by molar-refractivity contribution is -0.132. The fourth-order valence-electron chi connectivity index (χ4n) is 1.25. The number of rotatable bonds is 10. The molecule has 0 aliphatic carbocycles. The number of carbonyl (C=O) groups excluding carboxylic acids is 1. The maximum Gasteiger partial charge on any atom is 0.163 e. The van der Waals surface area contributed by atoms with Crippen LogP contribution in [0.3, 0.4) is 0 Å². The molecule has 0 rings (SSSR count). The quantitative estimate of drug-likeness (QED) is 0.575. The molecule has 0 bridgehead atoms. The van der Waals surface area contributed by atoms with Crippen molar-refractivity contribution in [2.45, 2.75) is 33.3 Å². The van der Waals surface area contributed by atoms with Crippen molar-refractivity contribution in [3.05, 3.63) is 0 Å². The minimum absolute atomic E-state index is 0.0434. The number of Topliss-reactive ketones (excluding diaryl/α,β-unsaturated/α-hetero) is 1. The van der Waals surface area contributed by atoms with Crippen LogP contribution in [0.4, 0.5) is 0 Å². The number of likely N-dealkylation sites (N-methyl/N-ethyl adjacent to an activating group) is 1. The van der Waals surface area contributed by atoms with Gasteiger partial charge in [0.1, 0.15) is 6.10 Å². The van der Waals surface area contributed by atoms with Crippen LogP contribution < -0.4 is 5.32 Å². The van der Waals surface area contributed by atoms with E-state index in [1.54, 1.807) is 0 Å². The standard InChI is InChI=1S/C12H25NO3/c1-10(2)12(14)11(3)16-8-5-7-15-9-6-13-4/h10-11,13H,5-9H2,1-4H3/t11-/m1/s1. The van der Waals surface area contributed by atoms with E-state index >= 15 is 0 Å². The van der Waals surface area contributed by atoms with Crippen molar-refractivity contribution in [3.8, 4) is 0 Å². The van der Waals surface area contributed by atoms with Gasteiger partial charge >= 0.3 is 0 Å². The normalized spacial score (nSPS) is 13.1. The lowest BCUT2D eigenvalue weighted by atomic mass is 10.1. The van der Waals surface area contributed by atoms with Crippen LogP contribution in [0.5, 0.6) is 0 Å². The topological polar surface area (TPSA) is 47.6 Å². The molecule has 0 unspecified atom stereocenters.